The van der Waals surface area contributed by atoms with Crippen LogP contribution in [0.3, 0.4) is 0 Å². The first-order chi connectivity index (χ1) is 12.1. The molecule has 1 aliphatic carbocycles. The molecule has 2 aromatic rings. The molecule has 1 aromatic carbocycles. The second-order valence-corrected chi connectivity index (χ2v) is 8.02. The smallest absolute Gasteiger partial charge is 0.191 e. The lowest BCUT2D eigenvalue weighted by Crippen LogP contribution is -2.39. The van der Waals surface area contributed by atoms with E-state index < -0.39 is 0 Å². The van der Waals surface area contributed by atoms with Gasteiger partial charge in [0.25, 0.3) is 0 Å². The van der Waals surface area contributed by atoms with E-state index in [-0.39, 0.29) is 29.4 Å². The van der Waals surface area contributed by atoms with Gasteiger partial charge < -0.3 is 10.6 Å². The molecular weight excluding hydrogens is 479 g/mol. The normalized spacial score (nSPS) is 15.3. The fourth-order valence-corrected chi connectivity index (χ4v) is 3.67. The van der Waals surface area contributed by atoms with E-state index in [2.05, 4.69) is 40.1 Å². The minimum absolute atomic E-state index is 0. The summed E-state index contributed by atoms with van der Waals surface area (Å²) in [6.07, 6.45) is 3.29. The van der Waals surface area contributed by atoms with Gasteiger partial charge in [-0.2, -0.15) is 0 Å². The highest BCUT2D eigenvalue weighted by Crippen LogP contribution is 2.48. The zero-order chi connectivity index (χ0) is 17.7. The minimum Gasteiger partial charge on any atom is -0.357 e. The van der Waals surface area contributed by atoms with Crippen molar-refractivity contribution in [1.29, 1.82) is 0 Å². The van der Waals surface area contributed by atoms with Crippen molar-refractivity contribution in [2.24, 2.45) is 4.99 Å². The predicted octanol–water partition coefficient (Wildman–Crippen LogP) is 4.55. The molecule has 0 spiro atoms. The molecule has 1 aliphatic rings. The van der Waals surface area contributed by atoms with Crippen molar-refractivity contribution in [3.8, 4) is 0 Å². The quantitative estimate of drug-likeness (QED) is 0.330. The van der Waals surface area contributed by atoms with Crippen LogP contribution in [0.5, 0.6) is 0 Å². The van der Waals surface area contributed by atoms with Gasteiger partial charge in [0.1, 0.15) is 0 Å². The number of rotatable bonds is 7. The van der Waals surface area contributed by atoms with E-state index in [1.54, 1.807) is 11.3 Å². The average Bonchev–Trinajstić information content (AvgIpc) is 3.28. The second-order valence-electron chi connectivity index (χ2n) is 6.52. The zero-order valence-electron chi connectivity index (χ0n) is 15.2. The number of guanidine groups is 1. The molecule has 0 saturated heterocycles. The van der Waals surface area contributed by atoms with Crippen LogP contribution in [0.2, 0.25) is 5.02 Å². The SMILES string of the molecule is CCNC(=NCC1(c2ccc(Cl)cc2)CC1)NCCc1csc(C)n1.I. The summed E-state index contributed by atoms with van der Waals surface area (Å²) in [5.41, 5.74) is 2.68. The first-order valence-corrected chi connectivity index (χ1v) is 10.1. The number of thiazole rings is 1. The number of hydrogen-bond donors (Lipinski definition) is 2. The van der Waals surface area contributed by atoms with Crippen LogP contribution in [0.1, 0.15) is 36.0 Å². The molecule has 0 bridgehead atoms. The van der Waals surface area contributed by atoms with Gasteiger partial charge in [-0.3, -0.25) is 4.99 Å². The van der Waals surface area contributed by atoms with Crippen molar-refractivity contribution < 1.29 is 0 Å². The highest BCUT2D eigenvalue weighted by Gasteiger charge is 2.44. The Morgan fingerprint density at radius 2 is 2.00 bits per heavy atom. The largest absolute Gasteiger partial charge is 0.357 e. The summed E-state index contributed by atoms with van der Waals surface area (Å²) in [7, 11) is 0. The Hall–Kier alpha value is -0.860. The number of aromatic nitrogens is 1. The lowest BCUT2D eigenvalue weighted by Gasteiger charge is -2.16. The molecule has 7 heteroatoms. The Morgan fingerprint density at radius 3 is 2.58 bits per heavy atom. The van der Waals surface area contributed by atoms with Crippen molar-refractivity contribution in [2.75, 3.05) is 19.6 Å². The number of halogens is 2. The van der Waals surface area contributed by atoms with Gasteiger partial charge in [0.15, 0.2) is 5.96 Å². The number of benzene rings is 1. The van der Waals surface area contributed by atoms with Crippen molar-refractivity contribution in [3.63, 3.8) is 0 Å². The highest BCUT2D eigenvalue weighted by molar-refractivity contribution is 14.0. The van der Waals surface area contributed by atoms with E-state index in [1.165, 1.54) is 18.4 Å². The summed E-state index contributed by atoms with van der Waals surface area (Å²) in [5.74, 6) is 0.884. The minimum atomic E-state index is 0. The lowest BCUT2D eigenvalue weighted by atomic mass is 9.96. The molecule has 0 amide bonds. The molecule has 0 aliphatic heterocycles. The molecule has 3 rings (SSSR count). The molecule has 0 unspecified atom stereocenters. The second kappa shape index (κ2) is 9.90. The highest BCUT2D eigenvalue weighted by atomic mass is 127. The van der Waals surface area contributed by atoms with Crippen LogP contribution >= 0.6 is 46.9 Å². The fraction of sp³-hybridized carbons (Fsp3) is 0.474. The molecular formula is C19H26ClIN4S. The predicted molar refractivity (Wildman–Crippen MR) is 122 cm³/mol. The summed E-state index contributed by atoms with van der Waals surface area (Å²) in [6.45, 7) is 6.63. The van der Waals surface area contributed by atoms with Crippen LogP contribution in [-0.4, -0.2) is 30.6 Å². The number of nitrogens with one attached hydrogen (secondary N) is 2. The summed E-state index contributed by atoms with van der Waals surface area (Å²) in [5, 5.41) is 10.8. The van der Waals surface area contributed by atoms with E-state index in [4.69, 9.17) is 16.6 Å². The zero-order valence-corrected chi connectivity index (χ0v) is 19.1. The molecule has 1 aromatic heterocycles. The summed E-state index contributed by atoms with van der Waals surface area (Å²) in [6, 6.07) is 8.21. The maximum absolute atomic E-state index is 6.01. The maximum atomic E-state index is 6.01. The molecule has 2 N–H and O–H groups in total. The number of aliphatic imine (C=N–C) groups is 1. The van der Waals surface area contributed by atoms with Crippen LogP contribution in [0.25, 0.3) is 0 Å². The van der Waals surface area contributed by atoms with Crippen LogP contribution < -0.4 is 10.6 Å². The van der Waals surface area contributed by atoms with E-state index in [1.807, 2.05) is 19.1 Å². The monoisotopic (exact) mass is 504 g/mol. The molecule has 0 radical (unpaired) electrons. The Labute approximate surface area is 181 Å². The van der Waals surface area contributed by atoms with E-state index in [9.17, 15) is 0 Å². The number of nitrogens with zero attached hydrogens (tertiary/aromatic N) is 2. The van der Waals surface area contributed by atoms with Gasteiger partial charge in [0.05, 0.1) is 17.2 Å². The van der Waals surface area contributed by atoms with E-state index >= 15 is 0 Å². The van der Waals surface area contributed by atoms with Crippen LogP contribution in [0, 0.1) is 6.92 Å². The van der Waals surface area contributed by atoms with E-state index in [0.29, 0.717) is 0 Å². The number of aryl methyl sites for hydroxylation is 1. The Kier molecular flexibility index (Phi) is 8.16. The summed E-state index contributed by atoms with van der Waals surface area (Å²) in [4.78, 5) is 9.33. The third-order valence-electron chi connectivity index (χ3n) is 4.53. The Balaban J connectivity index is 0.00000243. The standard InChI is InChI=1S/C19H25ClN4S.HI/c1-3-21-18(22-11-8-17-12-25-14(2)24-17)23-13-19(9-10-19)15-4-6-16(20)7-5-15;/h4-7,12H,3,8-11,13H2,1-2H3,(H2,21,22,23);1H. The Morgan fingerprint density at radius 1 is 1.27 bits per heavy atom. The number of hydrogen-bond acceptors (Lipinski definition) is 3. The van der Waals surface area contributed by atoms with Gasteiger partial charge >= 0.3 is 0 Å². The summed E-state index contributed by atoms with van der Waals surface area (Å²) < 4.78 is 0. The summed E-state index contributed by atoms with van der Waals surface area (Å²) >= 11 is 7.71. The van der Waals surface area contributed by atoms with Crippen LogP contribution in [-0.2, 0) is 11.8 Å². The van der Waals surface area contributed by atoms with Crippen molar-refractivity contribution in [1.82, 2.24) is 15.6 Å². The molecule has 1 saturated carbocycles. The van der Waals surface area contributed by atoms with Crippen LogP contribution in [0.4, 0.5) is 0 Å². The fourth-order valence-electron chi connectivity index (χ4n) is 2.90. The molecule has 0 atom stereocenters. The molecule has 26 heavy (non-hydrogen) atoms. The molecule has 1 heterocycles. The lowest BCUT2D eigenvalue weighted by molar-refractivity contribution is 0.691. The topological polar surface area (TPSA) is 49.3 Å². The molecule has 142 valence electrons. The van der Waals surface area contributed by atoms with Crippen molar-refractivity contribution in [2.45, 2.75) is 38.5 Å². The third kappa shape index (κ3) is 5.82. The van der Waals surface area contributed by atoms with Crippen molar-refractivity contribution in [3.05, 3.63) is 50.9 Å². The first kappa shape index (κ1) is 21.4. The van der Waals surface area contributed by atoms with Gasteiger partial charge in [-0.15, -0.1) is 35.3 Å². The van der Waals surface area contributed by atoms with Gasteiger partial charge in [-0.05, 0) is 44.4 Å². The van der Waals surface area contributed by atoms with Crippen LogP contribution in [0.15, 0.2) is 34.6 Å². The van der Waals surface area contributed by atoms with E-state index in [0.717, 1.165) is 47.7 Å². The third-order valence-corrected chi connectivity index (χ3v) is 5.61. The van der Waals surface area contributed by atoms with Gasteiger partial charge in [-0.1, -0.05) is 23.7 Å². The van der Waals surface area contributed by atoms with Crippen molar-refractivity contribution >= 4 is 52.9 Å². The maximum Gasteiger partial charge on any atom is 0.191 e. The molecule has 1 fully saturated rings. The molecule has 4 nitrogen and oxygen atoms in total. The van der Waals surface area contributed by atoms with Gasteiger partial charge in [0.2, 0.25) is 0 Å². The van der Waals surface area contributed by atoms with Gasteiger partial charge in [0, 0.05) is 35.3 Å². The first-order valence-electron chi connectivity index (χ1n) is 8.80. The average molecular weight is 505 g/mol. The van der Waals surface area contributed by atoms with Gasteiger partial charge in [-0.25, -0.2) is 4.98 Å². The Bertz CT molecular complexity index is 725.